The highest BCUT2D eigenvalue weighted by Gasteiger charge is 2.06. The van der Waals surface area contributed by atoms with E-state index >= 15 is 0 Å². The third kappa shape index (κ3) is 4.20. The van der Waals surface area contributed by atoms with Crippen molar-refractivity contribution in [1.29, 1.82) is 0 Å². The molecule has 1 aromatic heterocycles. The molecule has 0 bridgehead atoms. The molecule has 0 saturated heterocycles. The molecule has 0 unspecified atom stereocenters. The second-order valence-corrected chi connectivity index (χ2v) is 5.04. The fourth-order valence-corrected chi connectivity index (χ4v) is 2.25. The van der Waals surface area contributed by atoms with Crippen LogP contribution in [0.5, 0.6) is 0 Å². The molecule has 0 atom stereocenters. The van der Waals surface area contributed by atoms with Crippen LogP contribution < -0.4 is 11.1 Å². The third-order valence-electron chi connectivity index (χ3n) is 2.42. The van der Waals surface area contributed by atoms with Gasteiger partial charge in [0.25, 0.3) is 0 Å². The van der Waals surface area contributed by atoms with E-state index < -0.39 is 5.82 Å². The standard InChI is InChI=1S/C13H13FN4OS/c14-9-1-2-11(10(15)7-9)18-12(19)4-6-20-13-3-5-16-8-17-13/h1-3,5,7-8H,4,6,15H2,(H,18,19). The van der Waals surface area contributed by atoms with E-state index in [1.807, 2.05) is 0 Å². The van der Waals surface area contributed by atoms with Gasteiger partial charge in [-0.3, -0.25) is 4.79 Å². The van der Waals surface area contributed by atoms with Crippen LogP contribution >= 0.6 is 11.8 Å². The van der Waals surface area contributed by atoms with Gasteiger partial charge in [0.05, 0.1) is 16.4 Å². The van der Waals surface area contributed by atoms with Crippen LogP contribution in [0.3, 0.4) is 0 Å². The number of aromatic nitrogens is 2. The first kappa shape index (κ1) is 14.3. The zero-order valence-corrected chi connectivity index (χ0v) is 11.4. The van der Waals surface area contributed by atoms with Gasteiger partial charge in [-0.2, -0.15) is 0 Å². The van der Waals surface area contributed by atoms with Crippen LogP contribution in [0.15, 0.2) is 41.8 Å². The number of nitrogens with one attached hydrogen (secondary N) is 1. The molecule has 3 N–H and O–H groups in total. The second kappa shape index (κ2) is 6.85. The normalized spacial score (nSPS) is 10.2. The lowest BCUT2D eigenvalue weighted by molar-refractivity contribution is -0.115. The highest BCUT2D eigenvalue weighted by Crippen LogP contribution is 2.20. The molecular weight excluding hydrogens is 279 g/mol. The summed E-state index contributed by atoms with van der Waals surface area (Å²) >= 11 is 1.46. The minimum Gasteiger partial charge on any atom is -0.397 e. The van der Waals surface area contributed by atoms with Gasteiger partial charge in [0.1, 0.15) is 12.1 Å². The van der Waals surface area contributed by atoms with Crippen molar-refractivity contribution in [2.24, 2.45) is 0 Å². The zero-order valence-electron chi connectivity index (χ0n) is 10.5. The fraction of sp³-hybridized carbons (Fsp3) is 0.154. The number of rotatable bonds is 5. The van der Waals surface area contributed by atoms with Gasteiger partial charge >= 0.3 is 0 Å². The largest absolute Gasteiger partial charge is 0.397 e. The molecule has 20 heavy (non-hydrogen) atoms. The van der Waals surface area contributed by atoms with Gasteiger partial charge in [-0.1, -0.05) is 0 Å². The van der Waals surface area contributed by atoms with E-state index in [-0.39, 0.29) is 11.6 Å². The summed E-state index contributed by atoms with van der Waals surface area (Å²) in [7, 11) is 0. The molecule has 0 aliphatic rings. The van der Waals surface area contributed by atoms with Crippen molar-refractivity contribution >= 4 is 29.0 Å². The first-order chi connectivity index (χ1) is 9.65. The number of amides is 1. The number of nitrogens with zero attached hydrogens (tertiary/aromatic N) is 2. The third-order valence-corrected chi connectivity index (χ3v) is 3.37. The van der Waals surface area contributed by atoms with Crippen LogP contribution in [0, 0.1) is 5.82 Å². The number of halogens is 1. The van der Waals surface area contributed by atoms with Crippen LogP contribution in [0.1, 0.15) is 6.42 Å². The summed E-state index contributed by atoms with van der Waals surface area (Å²) in [6, 6.07) is 5.65. The monoisotopic (exact) mass is 292 g/mol. The highest BCUT2D eigenvalue weighted by molar-refractivity contribution is 7.99. The first-order valence-electron chi connectivity index (χ1n) is 5.89. The van der Waals surface area contributed by atoms with Crippen LogP contribution in [0.2, 0.25) is 0 Å². The SMILES string of the molecule is Nc1cc(F)ccc1NC(=O)CCSc1ccncn1. The minimum atomic E-state index is -0.431. The Morgan fingerprint density at radius 1 is 1.40 bits per heavy atom. The van der Waals surface area contributed by atoms with Gasteiger partial charge < -0.3 is 11.1 Å². The van der Waals surface area contributed by atoms with Crippen molar-refractivity contribution in [3.8, 4) is 0 Å². The smallest absolute Gasteiger partial charge is 0.225 e. The predicted molar refractivity (Wildman–Crippen MR) is 76.8 cm³/mol. The lowest BCUT2D eigenvalue weighted by Crippen LogP contribution is -2.13. The van der Waals surface area contributed by atoms with Gasteiger partial charge in [0.15, 0.2) is 0 Å². The van der Waals surface area contributed by atoms with Gasteiger partial charge in [0, 0.05) is 18.4 Å². The second-order valence-electron chi connectivity index (χ2n) is 3.93. The Kier molecular flexibility index (Phi) is 4.89. The summed E-state index contributed by atoms with van der Waals surface area (Å²) in [5.41, 5.74) is 6.24. The van der Waals surface area contributed by atoms with Crippen LogP contribution in [-0.2, 0) is 4.79 Å². The molecule has 0 saturated carbocycles. The Labute approximate surface area is 119 Å². The van der Waals surface area contributed by atoms with Crippen molar-refractivity contribution in [3.05, 3.63) is 42.6 Å². The first-order valence-corrected chi connectivity index (χ1v) is 6.87. The molecule has 0 fully saturated rings. The molecule has 0 radical (unpaired) electrons. The Balaban J connectivity index is 1.81. The maximum Gasteiger partial charge on any atom is 0.225 e. The Morgan fingerprint density at radius 3 is 2.95 bits per heavy atom. The molecular formula is C13H13FN4OS. The summed E-state index contributed by atoms with van der Waals surface area (Å²) in [6.07, 6.45) is 3.42. The lowest BCUT2D eigenvalue weighted by atomic mass is 10.2. The molecule has 7 heteroatoms. The Hall–Kier alpha value is -2.15. The summed E-state index contributed by atoms with van der Waals surface area (Å²) in [4.78, 5) is 19.6. The number of hydrogen-bond acceptors (Lipinski definition) is 5. The molecule has 2 aromatic rings. The summed E-state index contributed by atoms with van der Waals surface area (Å²) in [5.74, 6) is -0.0195. The number of anilines is 2. The van der Waals surface area contributed by atoms with Crippen molar-refractivity contribution in [1.82, 2.24) is 9.97 Å². The zero-order chi connectivity index (χ0) is 14.4. The van der Waals surface area contributed by atoms with Gasteiger partial charge in [0.2, 0.25) is 5.91 Å². The average molecular weight is 292 g/mol. The van der Waals surface area contributed by atoms with Crippen molar-refractivity contribution in [2.75, 3.05) is 16.8 Å². The molecule has 1 amide bonds. The fourth-order valence-electron chi connectivity index (χ4n) is 1.47. The number of nitrogens with two attached hydrogens (primary N) is 1. The lowest BCUT2D eigenvalue weighted by Gasteiger charge is -2.07. The van der Waals surface area contributed by atoms with E-state index in [1.54, 1.807) is 12.3 Å². The summed E-state index contributed by atoms with van der Waals surface area (Å²) < 4.78 is 12.9. The van der Waals surface area contributed by atoms with Gasteiger partial charge in [-0.05, 0) is 24.3 Å². The molecule has 0 aliphatic heterocycles. The van der Waals surface area contributed by atoms with Crippen LogP contribution in [-0.4, -0.2) is 21.6 Å². The highest BCUT2D eigenvalue weighted by atomic mass is 32.2. The number of carbonyl (C=O) groups excluding carboxylic acids is 1. The predicted octanol–water partition coefficient (Wildman–Crippen LogP) is 2.32. The van der Waals surface area contributed by atoms with E-state index in [4.69, 9.17) is 5.73 Å². The van der Waals surface area contributed by atoms with Crippen molar-refractivity contribution in [3.63, 3.8) is 0 Å². The Morgan fingerprint density at radius 2 is 2.25 bits per heavy atom. The number of thioether (sulfide) groups is 1. The van der Waals surface area contributed by atoms with E-state index in [9.17, 15) is 9.18 Å². The molecule has 2 rings (SSSR count). The molecule has 5 nitrogen and oxygen atoms in total. The van der Waals surface area contributed by atoms with Crippen molar-refractivity contribution < 1.29 is 9.18 Å². The van der Waals surface area contributed by atoms with Crippen molar-refractivity contribution in [2.45, 2.75) is 11.4 Å². The molecule has 0 spiro atoms. The topological polar surface area (TPSA) is 80.9 Å². The summed E-state index contributed by atoms with van der Waals surface area (Å²) in [5, 5.41) is 3.46. The Bertz CT molecular complexity index is 594. The summed E-state index contributed by atoms with van der Waals surface area (Å²) in [6.45, 7) is 0. The maximum absolute atomic E-state index is 12.9. The molecule has 104 valence electrons. The minimum absolute atomic E-state index is 0.176. The van der Waals surface area contributed by atoms with E-state index in [1.165, 1.54) is 36.3 Å². The van der Waals surface area contributed by atoms with E-state index in [0.717, 1.165) is 5.03 Å². The average Bonchev–Trinajstić information content (AvgIpc) is 2.43. The van der Waals surface area contributed by atoms with Gasteiger partial charge in [-0.15, -0.1) is 11.8 Å². The molecule has 1 heterocycles. The number of nitrogen functional groups attached to an aromatic ring is 1. The maximum atomic E-state index is 12.9. The quantitative estimate of drug-likeness (QED) is 0.502. The molecule has 0 aliphatic carbocycles. The number of carbonyl (C=O) groups is 1. The van der Waals surface area contributed by atoms with Gasteiger partial charge in [-0.25, -0.2) is 14.4 Å². The number of hydrogen-bond donors (Lipinski definition) is 2. The molecule has 1 aromatic carbocycles. The van der Waals surface area contributed by atoms with Crippen LogP contribution in [0.4, 0.5) is 15.8 Å². The van der Waals surface area contributed by atoms with Crippen LogP contribution in [0.25, 0.3) is 0 Å². The van der Waals surface area contributed by atoms with E-state index in [2.05, 4.69) is 15.3 Å². The van der Waals surface area contributed by atoms with E-state index in [0.29, 0.717) is 17.9 Å². The number of benzene rings is 1.